The van der Waals surface area contributed by atoms with Gasteiger partial charge in [0.05, 0.1) is 17.0 Å². The van der Waals surface area contributed by atoms with Crippen LogP contribution in [0.1, 0.15) is 17.0 Å². The molecular weight excluding hydrogens is 326 g/mol. The minimum atomic E-state index is -0.449. The minimum Gasteiger partial charge on any atom is -0.508 e. The van der Waals surface area contributed by atoms with Crippen LogP contribution in [0.3, 0.4) is 0 Å². The molecule has 0 saturated carbocycles. The highest BCUT2D eigenvalue weighted by Crippen LogP contribution is 2.48. The predicted molar refractivity (Wildman–Crippen MR) is 99.7 cm³/mol. The molecule has 1 atom stereocenters. The Hall–Kier alpha value is -3.60. The van der Waals surface area contributed by atoms with Crippen LogP contribution >= 0.6 is 0 Å². The fourth-order valence-corrected chi connectivity index (χ4v) is 3.88. The lowest BCUT2D eigenvalue weighted by Crippen LogP contribution is -2.20. The third kappa shape index (κ3) is 1.97. The van der Waals surface area contributed by atoms with Gasteiger partial charge in [0.2, 0.25) is 5.91 Å². The maximum Gasteiger partial charge on any atom is 0.229 e. The van der Waals surface area contributed by atoms with Crippen LogP contribution in [0.4, 0.5) is 0 Å². The maximum atomic E-state index is 12.1. The molecule has 0 unspecified atom stereocenters. The van der Waals surface area contributed by atoms with Gasteiger partial charge in [-0.05, 0) is 34.4 Å². The number of phenolic OH excluding ortho intramolecular Hbond substituents is 1. The Morgan fingerprint density at radius 1 is 1.00 bits per heavy atom. The summed E-state index contributed by atoms with van der Waals surface area (Å²) in [5.74, 6) is 0.0740. The topological polar surface area (TPSA) is 92.0 Å². The summed E-state index contributed by atoms with van der Waals surface area (Å²) in [6, 6.07) is 18.7. The Morgan fingerprint density at radius 2 is 1.77 bits per heavy atom. The van der Waals surface area contributed by atoms with E-state index < -0.39 is 5.92 Å². The van der Waals surface area contributed by atoms with Gasteiger partial charge in [-0.2, -0.15) is 0 Å². The van der Waals surface area contributed by atoms with Gasteiger partial charge >= 0.3 is 0 Å². The normalized spacial score (nSPS) is 15.0. The van der Waals surface area contributed by atoms with Crippen LogP contribution in [0, 0.1) is 0 Å². The number of rotatable bonds is 2. The number of hydrogen-bond donors (Lipinski definition) is 3. The minimum absolute atomic E-state index is 0.185. The van der Waals surface area contributed by atoms with Crippen molar-refractivity contribution in [3.05, 3.63) is 71.8 Å². The summed E-state index contributed by atoms with van der Waals surface area (Å²) in [6.45, 7) is 0. The van der Waals surface area contributed by atoms with Gasteiger partial charge < -0.3 is 15.8 Å². The molecule has 0 fully saturated rings. The fourth-order valence-electron chi connectivity index (χ4n) is 3.88. The number of carbonyl (C=O) groups is 1. The Balaban J connectivity index is 1.80. The number of nitrogens with two attached hydrogens (primary N) is 1. The van der Waals surface area contributed by atoms with Crippen molar-refractivity contribution in [3.63, 3.8) is 0 Å². The number of H-pyrrole nitrogens is 1. The Bertz CT molecular complexity index is 1190. The largest absolute Gasteiger partial charge is 0.508 e. The number of aromatic nitrogens is 2. The van der Waals surface area contributed by atoms with Crippen molar-refractivity contribution < 1.29 is 9.90 Å². The molecule has 0 saturated heterocycles. The van der Waals surface area contributed by atoms with E-state index in [0.717, 1.165) is 38.9 Å². The number of phenols is 1. The highest BCUT2D eigenvalue weighted by molar-refractivity contribution is 6.00. The SMILES string of the molecule is NC(=O)[C@@H]1c2ccccc2-c2c(-c3nc4ccc(O)cc4[nH]3)cccc21. The van der Waals surface area contributed by atoms with Gasteiger partial charge in [-0.25, -0.2) is 4.98 Å². The quantitative estimate of drug-likeness (QED) is 0.521. The molecule has 1 aromatic heterocycles. The van der Waals surface area contributed by atoms with Crippen LogP contribution in [0.15, 0.2) is 60.7 Å². The van der Waals surface area contributed by atoms with E-state index in [0.29, 0.717) is 5.82 Å². The second-order valence-corrected chi connectivity index (χ2v) is 6.48. The van der Waals surface area contributed by atoms with Crippen molar-refractivity contribution in [2.45, 2.75) is 5.92 Å². The molecule has 26 heavy (non-hydrogen) atoms. The van der Waals surface area contributed by atoms with Crippen LogP contribution in [0.25, 0.3) is 33.5 Å². The molecule has 5 nitrogen and oxygen atoms in total. The lowest BCUT2D eigenvalue weighted by molar-refractivity contribution is -0.118. The van der Waals surface area contributed by atoms with Gasteiger partial charge in [-0.15, -0.1) is 0 Å². The number of nitrogens with zero attached hydrogens (tertiary/aromatic N) is 1. The zero-order valence-corrected chi connectivity index (χ0v) is 13.7. The van der Waals surface area contributed by atoms with E-state index in [1.807, 2.05) is 42.5 Å². The number of aromatic amines is 1. The molecule has 0 spiro atoms. The van der Waals surface area contributed by atoms with E-state index >= 15 is 0 Å². The summed E-state index contributed by atoms with van der Waals surface area (Å²) in [4.78, 5) is 20.1. The van der Waals surface area contributed by atoms with Crippen molar-refractivity contribution in [3.8, 4) is 28.3 Å². The van der Waals surface area contributed by atoms with Crippen molar-refractivity contribution in [1.82, 2.24) is 9.97 Å². The van der Waals surface area contributed by atoms with Gasteiger partial charge in [0.15, 0.2) is 0 Å². The molecule has 5 heteroatoms. The summed E-state index contributed by atoms with van der Waals surface area (Å²) in [7, 11) is 0. The van der Waals surface area contributed by atoms with E-state index in [-0.39, 0.29) is 11.7 Å². The van der Waals surface area contributed by atoms with Crippen molar-refractivity contribution in [2.24, 2.45) is 5.73 Å². The number of benzene rings is 3. The molecule has 3 aromatic carbocycles. The van der Waals surface area contributed by atoms with Crippen LogP contribution < -0.4 is 5.73 Å². The number of nitrogens with one attached hydrogen (secondary N) is 1. The number of amides is 1. The van der Waals surface area contributed by atoms with E-state index in [1.54, 1.807) is 18.2 Å². The van der Waals surface area contributed by atoms with Gasteiger partial charge in [0, 0.05) is 11.6 Å². The fraction of sp³-hybridized carbons (Fsp3) is 0.0476. The average molecular weight is 341 g/mol. The molecule has 4 N–H and O–H groups in total. The van der Waals surface area contributed by atoms with Gasteiger partial charge in [0.1, 0.15) is 11.6 Å². The van der Waals surface area contributed by atoms with Crippen LogP contribution in [-0.4, -0.2) is 21.0 Å². The van der Waals surface area contributed by atoms with Crippen molar-refractivity contribution in [1.29, 1.82) is 0 Å². The van der Waals surface area contributed by atoms with E-state index in [4.69, 9.17) is 5.73 Å². The smallest absolute Gasteiger partial charge is 0.229 e. The average Bonchev–Trinajstić information content (AvgIpc) is 3.19. The predicted octanol–water partition coefficient (Wildman–Crippen LogP) is 3.53. The molecule has 126 valence electrons. The molecule has 1 heterocycles. The number of aromatic hydroxyl groups is 1. The second kappa shape index (κ2) is 5.20. The molecule has 0 aliphatic heterocycles. The summed E-state index contributed by atoms with van der Waals surface area (Å²) in [5, 5.41) is 9.69. The number of hydrogen-bond acceptors (Lipinski definition) is 3. The zero-order chi connectivity index (χ0) is 17.8. The van der Waals surface area contributed by atoms with Gasteiger partial charge in [-0.1, -0.05) is 42.5 Å². The van der Waals surface area contributed by atoms with Gasteiger partial charge in [0.25, 0.3) is 0 Å². The first-order chi connectivity index (χ1) is 12.6. The maximum absolute atomic E-state index is 12.1. The summed E-state index contributed by atoms with van der Waals surface area (Å²) >= 11 is 0. The lowest BCUT2D eigenvalue weighted by Gasteiger charge is -2.09. The van der Waals surface area contributed by atoms with Gasteiger partial charge in [-0.3, -0.25) is 4.79 Å². The van der Waals surface area contributed by atoms with E-state index in [9.17, 15) is 9.90 Å². The molecule has 4 aromatic rings. The first-order valence-electron chi connectivity index (χ1n) is 8.34. The summed E-state index contributed by atoms with van der Waals surface area (Å²) in [5.41, 5.74) is 12.0. The van der Waals surface area contributed by atoms with Crippen LogP contribution in [0.5, 0.6) is 5.75 Å². The van der Waals surface area contributed by atoms with Crippen molar-refractivity contribution in [2.75, 3.05) is 0 Å². The molecule has 1 amide bonds. The monoisotopic (exact) mass is 341 g/mol. The molecule has 0 bridgehead atoms. The first-order valence-corrected chi connectivity index (χ1v) is 8.34. The zero-order valence-electron chi connectivity index (χ0n) is 13.7. The number of primary amides is 1. The third-order valence-electron chi connectivity index (χ3n) is 4.95. The second-order valence-electron chi connectivity index (χ2n) is 6.48. The number of carbonyl (C=O) groups excluding carboxylic acids is 1. The molecule has 1 aliphatic carbocycles. The summed E-state index contributed by atoms with van der Waals surface area (Å²) < 4.78 is 0. The Kier molecular flexibility index (Phi) is 2.94. The standard InChI is InChI=1S/C21H15N3O2/c22-20(26)19-13-5-2-1-4-12(13)18-14(19)6-3-7-15(18)21-23-16-9-8-11(25)10-17(16)24-21/h1-10,19,25H,(H2,22,26)(H,23,24)/t19-/m1/s1. The third-order valence-corrected chi connectivity index (χ3v) is 4.95. The van der Waals surface area contributed by atoms with Crippen LogP contribution in [-0.2, 0) is 4.79 Å². The lowest BCUT2D eigenvalue weighted by atomic mass is 9.95. The Labute approximate surface area is 149 Å². The summed E-state index contributed by atoms with van der Waals surface area (Å²) in [6.07, 6.45) is 0. The van der Waals surface area contributed by atoms with E-state index in [2.05, 4.69) is 9.97 Å². The van der Waals surface area contributed by atoms with Crippen LogP contribution in [0.2, 0.25) is 0 Å². The first kappa shape index (κ1) is 14.7. The highest BCUT2D eigenvalue weighted by atomic mass is 16.3. The molecule has 0 radical (unpaired) electrons. The van der Waals surface area contributed by atoms with E-state index in [1.165, 1.54) is 0 Å². The molecular formula is C21H15N3O2. The molecule has 5 rings (SSSR count). The number of imidazole rings is 1. The Morgan fingerprint density at radius 3 is 2.62 bits per heavy atom. The highest BCUT2D eigenvalue weighted by Gasteiger charge is 2.34. The molecule has 1 aliphatic rings. The number of fused-ring (bicyclic) bond motifs is 4. The van der Waals surface area contributed by atoms with Crippen molar-refractivity contribution >= 4 is 16.9 Å².